The molecule has 21 heavy (non-hydrogen) atoms. The fourth-order valence-corrected chi connectivity index (χ4v) is 2.91. The van der Waals surface area contributed by atoms with Crippen LogP contribution < -0.4 is 5.32 Å². The molecule has 0 unspecified atom stereocenters. The van der Waals surface area contributed by atoms with Crippen LogP contribution in [-0.2, 0) is 6.54 Å². The highest BCUT2D eigenvalue weighted by atomic mass is 19.4. The minimum absolute atomic E-state index is 0.216. The fraction of sp³-hybridized carbons (Fsp3) is 0.647. The third-order valence-electron chi connectivity index (χ3n) is 4.43. The molecule has 0 atom stereocenters. The van der Waals surface area contributed by atoms with Gasteiger partial charge >= 0.3 is 6.18 Å². The first-order chi connectivity index (χ1) is 9.86. The van der Waals surface area contributed by atoms with Crippen LogP contribution in [0.1, 0.15) is 56.6 Å². The van der Waals surface area contributed by atoms with Gasteiger partial charge in [0.1, 0.15) is 0 Å². The molecule has 0 spiro atoms. The van der Waals surface area contributed by atoms with Crippen LogP contribution in [0, 0.1) is 5.92 Å². The summed E-state index contributed by atoms with van der Waals surface area (Å²) in [6.07, 6.45) is -2.26. The van der Waals surface area contributed by atoms with Crippen LogP contribution in [0.15, 0.2) is 24.3 Å². The smallest absolute Gasteiger partial charge is 0.310 e. The van der Waals surface area contributed by atoms with Crippen molar-refractivity contribution in [1.82, 2.24) is 5.32 Å². The molecule has 118 valence electrons. The SMILES string of the molecule is CC(C)c1ccc(CNC2CCC(C(F)(F)F)CC2)cc1. The van der Waals surface area contributed by atoms with Crippen LogP contribution in [0.25, 0.3) is 0 Å². The van der Waals surface area contributed by atoms with Crippen molar-refractivity contribution in [3.05, 3.63) is 35.4 Å². The quantitative estimate of drug-likeness (QED) is 0.823. The average molecular weight is 299 g/mol. The molecule has 0 bridgehead atoms. The maximum absolute atomic E-state index is 12.6. The van der Waals surface area contributed by atoms with E-state index >= 15 is 0 Å². The molecular formula is C17H24F3N. The van der Waals surface area contributed by atoms with Crippen LogP contribution >= 0.6 is 0 Å². The zero-order valence-electron chi connectivity index (χ0n) is 12.7. The first-order valence-electron chi connectivity index (χ1n) is 7.75. The molecule has 0 aliphatic heterocycles. The Balaban J connectivity index is 1.77. The number of alkyl halides is 3. The Morgan fingerprint density at radius 3 is 2.10 bits per heavy atom. The molecule has 0 heterocycles. The van der Waals surface area contributed by atoms with Crippen molar-refractivity contribution in [2.45, 2.75) is 64.2 Å². The van der Waals surface area contributed by atoms with Gasteiger partial charge in [0.15, 0.2) is 0 Å². The summed E-state index contributed by atoms with van der Waals surface area (Å²) in [4.78, 5) is 0. The summed E-state index contributed by atoms with van der Waals surface area (Å²) in [7, 11) is 0. The Labute approximate surface area is 124 Å². The number of hydrogen-bond donors (Lipinski definition) is 1. The van der Waals surface area contributed by atoms with E-state index in [1.807, 2.05) is 0 Å². The molecule has 1 aliphatic carbocycles. The van der Waals surface area contributed by atoms with Crippen LogP contribution in [0.3, 0.4) is 0 Å². The van der Waals surface area contributed by atoms with E-state index in [1.54, 1.807) is 0 Å². The van der Waals surface area contributed by atoms with Crippen LogP contribution in [0.5, 0.6) is 0 Å². The Morgan fingerprint density at radius 1 is 1.05 bits per heavy atom. The van der Waals surface area contributed by atoms with E-state index in [-0.39, 0.29) is 18.9 Å². The maximum Gasteiger partial charge on any atom is 0.391 e. The summed E-state index contributed by atoms with van der Waals surface area (Å²) in [5.41, 5.74) is 2.50. The molecule has 0 saturated heterocycles. The summed E-state index contributed by atoms with van der Waals surface area (Å²) >= 11 is 0. The zero-order chi connectivity index (χ0) is 15.5. The number of hydrogen-bond acceptors (Lipinski definition) is 1. The second-order valence-electron chi connectivity index (χ2n) is 6.37. The fourth-order valence-electron chi connectivity index (χ4n) is 2.91. The van der Waals surface area contributed by atoms with Gasteiger partial charge in [-0.05, 0) is 42.7 Å². The van der Waals surface area contributed by atoms with Crippen molar-refractivity contribution in [1.29, 1.82) is 0 Å². The largest absolute Gasteiger partial charge is 0.391 e. The second kappa shape index (κ2) is 6.82. The summed E-state index contributed by atoms with van der Waals surface area (Å²) < 4.78 is 37.8. The first-order valence-corrected chi connectivity index (χ1v) is 7.75. The van der Waals surface area contributed by atoms with Crippen molar-refractivity contribution < 1.29 is 13.2 Å². The van der Waals surface area contributed by atoms with Crippen molar-refractivity contribution in [2.24, 2.45) is 5.92 Å². The molecule has 2 rings (SSSR count). The molecule has 1 aliphatic rings. The van der Waals surface area contributed by atoms with Crippen LogP contribution in [-0.4, -0.2) is 12.2 Å². The normalized spacial score (nSPS) is 23.5. The van der Waals surface area contributed by atoms with Crippen molar-refractivity contribution in [3.63, 3.8) is 0 Å². The third kappa shape index (κ3) is 4.73. The third-order valence-corrected chi connectivity index (χ3v) is 4.43. The molecule has 4 heteroatoms. The minimum atomic E-state index is -4.02. The van der Waals surface area contributed by atoms with Gasteiger partial charge in [-0.15, -0.1) is 0 Å². The highest BCUT2D eigenvalue weighted by Crippen LogP contribution is 2.37. The number of benzene rings is 1. The zero-order valence-corrected chi connectivity index (χ0v) is 12.7. The Morgan fingerprint density at radius 2 is 1.62 bits per heavy atom. The topological polar surface area (TPSA) is 12.0 Å². The molecule has 1 saturated carbocycles. The van der Waals surface area contributed by atoms with E-state index in [4.69, 9.17) is 0 Å². The van der Waals surface area contributed by atoms with E-state index in [0.717, 1.165) is 6.54 Å². The Kier molecular flexibility index (Phi) is 5.31. The molecular weight excluding hydrogens is 275 g/mol. The van der Waals surface area contributed by atoms with Gasteiger partial charge in [-0.25, -0.2) is 0 Å². The summed E-state index contributed by atoms with van der Waals surface area (Å²) in [6, 6.07) is 8.67. The number of nitrogens with one attached hydrogen (secondary N) is 1. The molecule has 1 aromatic carbocycles. The Hall–Kier alpha value is -1.03. The van der Waals surface area contributed by atoms with E-state index < -0.39 is 12.1 Å². The monoisotopic (exact) mass is 299 g/mol. The summed E-state index contributed by atoms with van der Waals surface area (Å²) in [5, 5.41) is 3.39. The van der Waals surface area contributed by atoms with E-state index in [1.165, 1.54) is 11.1 Å². The minimum Gasteiger partial charge on any atom is -0.310 e. The van der Waals surface area contributed by atoms with Gasteiger partial charge in [-0.2, -0.15) is 13.2 Å². The lowest BCUT2D eigenvalue weighted by Gasteiger charge is -2.30. The molecule has 0 aromatic heterocycles. The predicted octanol–water partition coefficient (Wildman–Crippen LogP) is 5.02. The first kappa shape index (κ1) is 16.3. The van der Waals surface area contributed by atoms with Crippen LogP contribution in [0.2, 0.25) is 0 Å². The van der Waals surface area contributed by atoms with Crippen molar-refractivity contribution >= 4 is 0 Å². The standard InChI is InChI=1S/C17H24F3N/c1-12(2)14-5-3-13(4-6-14)11-21-16-9-7-15(8-10-16)17(18,19)20/h3-6,12,15-16,21H,7-11H2,1-2H3. The van der Waals surface area contributed by atoms with Gasteiger partial charge in [0, 0.05) is 12.6 Å². The number of halogens is 3. The van der Waals surface area contributed by atoms with Crippen molar-refractivity contribution in [3.8, 4) is 0 Å². The molecule has 0 amide bonds. The Bertz CT molecular complexity index is 428. The molecule has 0 radical (unpaired) electrons. The van der Waals surface area contributed by atoms with Gasteiger partial charge in [0.25, 0.3) is 0 Å². The highest BCUT2D eigenvalue weighted by molar-refractivity contribution is 5.24. The van der Waals surface area contributed by atoms with E-state index in [2.05, 4.69) is 43.4 Å². The highest BCUT2D eigenvalue weighted by Gasteiger charge is 2.41. The molecule has 1 fully saturated rings. The van der Waals surface area contributed by atoms with Gasteiger partial charge in [-0.1, -0.05) is 38.1 Å². The van der Waals surface area contributed by atoms with Gasteiger partial charge in [-0.3, -0.25) is 0 Å². The number of rotatable bonds is 4. The van der Waals surface area contributed by atoms with Crippen LogP contribution in [0.4, 0.5) is 13.2 Å². The average Bonchev–Trinajstić information content (AvgIpc) is 2.45. The van der Waals surface area contributed by atoms with Gasteiger partial charge < -0.3 is 5.32 Å². The van der Waals surface area contributed by atoms with Gasteiger partial charge in [0.05, 0.1) is 5.92 Å². The van der Waals surface area contributed by atoms with Gasteiger partial charge in [0.2, 0.25) is 0 Å². The molecule has 1 N–H and O–H groups in total. The lowest BCUT2D eigenvalue weighted by atomic mass is 9.85. The van der Waals surface area contributed by atoms with Crippen molar-refractivity contribution in [2.75, 3.05) is 0 Å². The van der Waals surface area contributed by atoms with E-state index in [9.17, 15) is 13.2 Å². The lowest BCUT2D eigenvalue weighted by molar-refractivity contribution is -0.182. The van der Waals surface area contributed by atoms with E-state index in [0.29, 0.717) is 18.8 Å². The molecule has 1 aromatic rings. The summed E-state index contributed by atoms with van der Waals surface area (Å²) in [6.45, 7) is 5.05. The summed E-state index contributed by atoms with van der Waals surface area (Å²) in [5.74, 6) is -0.578. The second-order valence-corrected chi connectivity index (χ2v) is 6.37. The lowest BCUT2D eigenvalue weighted by Crippen LogP contribution is -2.36. The maximum atomic E-state index is 12.6. The molecule has 1 nitrogen and oxygen atoms in total. The predicted molar refractivity (Wildman–Crippen MR) is 79.2 cm³/mol.